The number of allylic oxidation sites excluding steroid dienone is 1. The summed E-state index contributed by atoms with van der Waals surface area (Å²) >= 11 is 0. The van der Waals surface area contributed by atoms with Crippen molar-refractivity contribution in [2.24, 2.45) is 0 Å². The van der Waals surface area contributed by atoms with E-state index in [2.05, 4.69) is 10.1 Å². The lowest BCUT2D eigenvalue weighted by Crippen LogP contribution is -2.20. The molecule has 0 bridgehead atoms. The van der Waals surface area contributed by atoms with E-state index < -0.39 is 41.2 Å². The fraction of sp³-hybridized carbons (Fsp3) is 0.206. The zero-order valence-corrected chi connectivity index (χ0v) is 24.3. The molecule has 4 aromatic rings. The van der Waals surface area contributed by atoms with Crippen LogP contribution in [0.15, 0.2) is 78.9 Å². The largest absolute Gasteiger partial charge is 0.469 e. The molecular weight excluding hydrogens is 573 g/mol. The summed E-state index contributed by atoms with van der Waals surface area (Å²) < 4.78 is 47.9. The van der Waals surface area contributed by atoms with Gasteiger partial charge in [0.1, 0.15) is 23.1 Å². The van der Waals surface area contributed by atoms with Crippen LogP contribution in [0.25, 0.3) is 28.3 Å². The molecule has 0 radical (unpaired) electrons. The van der Waals surface area contributed by atoms with Gasteiger partial charge in [-0.05, 0) is 85.7 Å². The number of amides is 1. The van der Waals surface area contributed by atoms with E-state index in [1.807, 2.05) is 13.8 Å². The molecule has 4 rings (SSSR count). The van der Waals surface area contributed by atoms with Crippen LogP contribution in [0.2, 0.25) is 0 Å². The van der Waals surface area contributed by atoms with Gasteiger partial charge in [-0.25, -0.2) is 13.2 Å². The van der Waals surface area contributed by atoms with Gasteiger partial charge in [-0.2, -0.15) is 0 Å². The third-order valence-corrected chi connectivity index (χ3v) is 6.84. The Bertz CT molecular complexity index is 1680. The monoisotopic (exact) mass is 604 g/mol. The molecule has 228 valence electrons. The number of ether oxygens (including phenoxy) is 1. The van der Waals surface area contributed by atoms with Crippen molar-refractivity contribution in [2.45, 2.75) is 38.8 Å². The second-order valence-corrected chi connectivity index (χ2v) is 10.4. The van der Waals surface area contributed by atoms with Crippen molar-refractivity contribution in [3.63, 3.8) is 0 Å². The van der Waals surface area contributed by atoms with Crippen molar-refractivity contribution in [3.05, 3.63) is 108 Å². The summed E-state index contributed by atoms with van der Waals surface area (Å²) in [5.41, 5.74) is 2.74. The molecule has 0 aliphatic rings. The molecule has 1 aromatic heterocycles. The van der Waals surface area contributed by atoms with E-state index in [1.54, 1.807) is 4.57 Å². The van der Waals surface area contributed by atoms with Gasteiger partial charge in [0.05, 0.1) is 25.3 Å². The molecule has 0 aliphatic heterocycles. The van der Waals surface area contributed by atoms with Crippen molar-refractivity contribution >= 4 is 29.4 Å². The molecule has 0 unspecified atom stereocenters. The van der Waals surface area contributed by atoms with Gasteiger partial charge in [-0.1, -0.05) is 24.3 Å². The first-order valence-corrected chi connectivity index (χ1v) is 13.8. The smallest absolute Gasteiger partial charge is 0.308 e. The average molecular weight is 605 g/mol. The number of benzene rings is 3. The topological polar surface area (TPSA) is 97.6 Å². The molecule has 1 amide bonds. The molecule has 3 aromatic carbocycles. The highest BCUT2D eigenvalue weighted by Gasteiger charge is 2.29. The van der Waals surface area contributed by atoms with Crippen molar-refractivity contribution in [2.75, 3.05) is 12.4 Å². The zero-order valence-electron chi connectivity index (χ0n) is 24.3. The first-order chi connectivity index (χ1) is 21.0. The summed E-state index contributed by atoms with van der Waals surface area (Å²) in [6.07, 6.45) is 0.746. The Labute approximate surface area is 252 Å². The maximum atomic E-state index is 14.0. The van der Waals surface area contributed by atoms with Gasteiger partial charge in [-0.15, -0.1) is 0 Å². The molecule has 44 heavy (non-hydrogen) atoms. The van der Waals surface area contributed by atoms with Gasteiger partial charge in [0, 0.05) is 29.3 Å². The quantitative estimate of drug-likeness (QED) is 0.142. The van der Waals surface area contributed by atoms with E-state index in [1.165, 1.54) is 92.1 Å². The SMILES string of the molecule is COC(=O)C[C@H](O)CC(=O)C=Cc1c(-c2ccc(F)cc2)c(-c2ccc(F)cc2)c(C(=O)Nc2ccc(F)cc2)n1C(C)C. The number of esters is 1. The highest BCUT2D eigenvalue weighted by Crippen LogP contribution is 2.43. The van der Waals surface area contributed by atoms with Gasteiger partial charge in [0.25, 0.3) is 5.91 Å². The Morgan fingerprint density at radius 2 is 1.32 bits per heavy atom. The summed E-state index contributed by atoms with van der Waals surface area (Å²) in [5, 5.41) is 13.0. The van der Waals surface area contributed by atoms with Crippen LogP contribution in [-0.4, -0.2) is 40.5 Å². The lowest BCUT2D eigenvalue weighted by atomic mass is 9.94. The van der Waals surface area contributed by atoms with Gasteiger partial charge >= 0.3 is 5.97 Å². The fourth-order valence-corrected chi connectivity index (χ4v) is 4.88. The predicted molar refractivity (Wildman–Crippen MR) is 161 cm³/mol. The van der Waals surface area contributed by atoms with Crippen molar-refractivity contribution in [3.8, 4) is 22.3 Å². The molecule has 0 aliphatic carbocycles. The Hall–Kier alpha value is -4.96. The molecule has 0 saturated carbocycles. The number of methoxy groups -OCH3 is 1. The number of aromatic nitrogens is 1. The van der Waals surface area contributed by atoms with Crippen LogP contribution in [0.4, 0.5) is 18.9 Å². The number of aliphatic hydroxyl groups is 1. The van der Waals surface area contributed by atoms with E-state index in [9.17, 15) is 32.7 Å². The van der Waals surface area contributed by atoms with E-state index in [0.717, 1.165) is 0 Å². The van der Waals surface area contributed by atoms with Crippen molar-refractivity contribution in [1.82, 2.24) is 4.57 Å². The summed E-state index contributed by atoms with van der Waals surface area (Å²) in [7, 11) is 1.18. The van der Waals surface area contributed by atoms with Crippen LogP contribution >= 0.6 is 0 Å². The predicted octanol–water partition coefficient (Wildman–Crippen LogP) is 6.97. The molecule has 0 fully saturated rings. The van der Waals surface area contributed by atoms with Crippen LogP contribution in [0, 0.1) is 17.5 Å². The number of anilines is 1. The van der Waals surface area contributed by atoms with E-state index in [-0.39, 0.29) is 24.6 Å². The molecule has 2 N–H and O–H groups in total. The third-order valence-electron chi connectivity index (χ3n) is 6.84. The minimum absolute atomic E-state index is 0.160. The number of hydrogen-bond donors (Lipinski definition) is 2. The molecule has 0 spiro atoms. The first kappa shape index (κ1) is 32.0. The zero-order chi connectivity index (χ0) is 32.0. The van der Waals surface area contributed by atoms with Crippen LogP contribution in [0.3, 0.4) is 0 Å². The van der Waals surface area contributed by atoms with Gasteiger partial charge in [-0.3, -0.25) is 14.4 Å². The summed E-state index contributed by atoms with van der Waals surface area (Å²) in [4.78, 5) is 38.4. The number of carbonyl (C=O) groups excluding carboxylic acids is 3. The highest BCUT2D eigenvalue weighted by atomic mass is 19.1. The van der Waals surface area contributed by atoms with Crippen LogP contribution < -0.4 is 5.32 Å². The molecule has 10 heteroatoms. The maximum absolute atomic E-state index is 14.0. The first-order valence-electron chi connectivity index (χ1n) is 13.8. The Kier molecular flexibility index (Phi) is 10.2. The minimum Gasteiger partial charge on any atom is -0.469 e. The number of carbonyl (C=O) groups is 3. The lowest BCUT2D eigenvalue weighted by molar-refractivity contribution is -0.143. The summed E-state index contributed by atoms with van der Waals surface area (Å²) in [6, 6.07) is 16.0. The third kappa shape index (κ3) is 7.51. The number of aliphatic hydroxyl groups excluding tert-OH is 1. The Balaban J connectivity index is 1.95. The highest BCUT2D eigenvalue weighted by molar-refractivity contribution is 6.12. The molecular formula is C34H31F3N2O5. The second-order valence-electron chi connectivity index (χ2n) is 10.4. The van der Waals surface area contributed by atoms with E-state index >= 15 is 0 Å². The van der Waals surface area contributed by atoms with Crippen molar-refractivity contribution < 1.29 is 37.4 Å². The van der Waals surface area contributed by atoms with Gasteiger partial charge < -0.3 is 19.7 Å². The fourth-order valence-electron chi connectivity index (χ4n) is 4.88. The second kappa shape index (κ2) is 14.0. The van der Waals surface area contributed by atoms with Crippen molar-refractivity contribution in [1.29, 1.82) is 0 Å². The number of halogens is 3. The minimum atomic E-state index is -1.26. The number of hydrogen-bond acceptors (Lipinski definition) is 5. The molecule has 1 atom stereocenters. The number of nitrogens with zero attached hydrogens (tertiary/aromatic N) is 1. The van der Waals surface area contributed by atoms with E-state index in [4.69, 9.17) is 0 Å². The summed E-state index contributed by atoms with van der Waals surface area (Å²) in [6.45, 7) is 3.66. The molecule has 7 nitrogen and oxygen atoms in total. The number of rotatable bonds is 11. The maximum Gasteiger partial charge on any atom is 0.308 e. The van der Waals surface area contributed by atoms with E-state index in [0.29, 0.717) is 33.6 Å². The van der Waals surface area contributed by atoms with Crippen LogP contribution in [0.1, 0.15) is 48.9 Å². The number of ketones is 1. The number of nitrogens with one attached hydrogen (secondary N) is 1. The van der Waals surface area contributed by atoms with Gasteiger partial charge in [0.2, 0.25) is 0 Å². The van der Waals surface area contributed by atoms with Gasteiger partial charge in [0.15, 0.2) is 5.78 Å². The Morgan fingerprint density at radius 1 is 0.818 bits per heavy atom. The lowest BCUT2D eigenvalue weighted by Gasteiger charge is -2.17. The summed E-state index contributed by atoms with van der Waals surface area (Å²) in [5.74, 6) is -3.18. The average Bonchev–Trinajstić information content (AvgIpc) is 3.33. The van der Waals surface area contributed by atoms with Crippen LogP contribution in [0.5, 0.6) is 0 Å². The van der Waals surface area contributed by atoms with Crippen LogP contribution in [-0.2, 0) is 14.3 Å². The molecule has 1 heterocycles. The Morgan fingerprint density at radius 3 is 1.82 bits per heavy atom. The molecule has 0 saturated heterocycles. The standard InChI is InChI=1S/C34H31F3N2O5/c1-20(2)39-29(17-16-27(40)18-28(41)19-30(42)44-3)31(21-4-8-23(35)9-5-21)32(22-6-10-24(36)11-7-22)33(39)34(43)38-26-14-12-25(37)13-15-26/h4-17,20,28,41H,18-19H2,1-3H3,(H,38,43)/t28-/m1/s1. The normalized spacial score (nSPS) is 12.0.